The first kappa shape index (κ1) is 20.8. The number of rotatable bonds is 6. The van der Waals surface area contributed by atoms with Gasteiger partial charge in [0, 0.05) is 12.2 Å². The van der Waals surface area contributed by atoms with Crippen LogP contribution in [0.3, 0.4) is 0 Å². The SMILES string of the molecule is COC(=O)c1cc(CCNC(=O)OC(C)(C)C)cc(NS(C)(=O)=O)c1. The monoisotopic (exact) mass is 372 g/mol. The van der Waals surface area contributed by atoms with Crippen LogP contribution >= 0.6 is 0 Å². The van der Waals surface area contributed by atoms with Crippen molar-refractivity contribution in [1.82, 2.24) is 5.32 Å². The molecular formula is C16H24N2O6S. The number of carbonyl (C=O) groups is 2. The summed E-state index contributed by atoms with van der Waals surface area (Å²) in [6, 6.07) is 4.55. The van der Waals surface area contributed by atoms with Gasteiger partial charge in [-0.05, 0) is 51.0 Å². The highest BCUT2D eigenvalue weighted by molar-refractivity contribution is 7.92. The predicted octanol–water partition coefficient (Wildman–Crippen LogP) is 1.91. The fourth-order valence-electron chi connectivity index (χ4n) is 1.97. The number of carbonyl (C=O) groups excluding carboxylic acids is 2. The zero-order valence-corrected chi connectivity index (χ0v) is 15.8. The Hall–Kier alpha value is -2.29. The fraction of sp³-hybridized carbons (Fsp3) is 0.500. The van der Waals surface area contributed by atoms with Gasteiger partial charge in [-0.15, -0.1) is 0 Å². The highest BCUT2D eigenvalue weighted by Crippen LogP contribution is 2.17. The van der Waals surface area contributed by atoms with Crippen LogP contribution in [0.15, 0.2) is 18.2 Å². The molecule has 1 rings (SSSR count). The zero-order chi connectivity index (χ0) is 19.3. The first-order valence-corrected chi connectivity index (χ1v) is 9.46. The number of ether oxygens (including phenoxy) is 2. The highest BCUT2D eigenvalue weighted by Gasteiger charge is 2.16. The number of benzene rings is 1. The summed E-state index contributed by atoms with van der Waals surface area (Å²) < 4.78 is 34.9. The van der Waals surface area contributed by atoms with Crippen molar-refractivity contribution in [2.24, 2.45) is 0 Å². The van der Waals surface area contributed by atoms with Crippen LogP contribution in [-0.4, -0.2) is 46.0 Å². The van der Waals surface area contributed by atoms with E-state index in [1.54, 1.807) is 32.9 Å². The standard InChI is InChI=1S/C16H24N2O6S/c1-16(2,3)24-15(20)17-7-6-11-8-12(14(19)23-4)10-13(9-11)18-25(5,21)22/h8-10,18H,6-7H2,1-5H3,(H,17,20). The molecule has 1 aromatic carbocycles. The van der Waals surface area contributed by atoms with Gasteiger partial charge in [0.2, 0.25) is 10.0 Å². The maximum atomic E-state index is 11.7. The molecule has 0 aliphatic rings. The summed E-state index contributed by atoms with van der Waals surface area (Å²) in [5.41, 5.74) is 0.521. The number of nitrogens with one attached hydrogen (secondary N) is 2. The van der Waals surface area contributed by atoms with E-state index < -0.39 is 27.7 Å². The summed E-state index contributed by atoms with van der Waals surface area (Å²) in [4.78, 5) is 23.4. The topological polar surface area (TPSA) is 111 Å². The molecule has 0 radical (unpaired) electrons. The number of anilines is 1. The molecule has 0 saturated carbocycles. The van der Waals surface area contributed by atoms with Crippen LogP contribution in [0.1, 0.15) is 36.7 Å². The summed E-state index contributed by atoms with van der Waals surface area (Å²) in [7, 11) is -2.25. The Morgan fingerprint density at radius 2 is 1.80 bits per heavy atom. The van der Waals surface area contributed by atoms with Gasteiger partial charge in [0.05, 0.1) is 18.9 Å². The predicted molar refractivity (Wildman–Crippen MR) is 94.2 cm³/mol. The van der Waals surface area contributed by atoms with E-state index in [1.165, 1.54) is 13.2 Å². The highest BCUT2D eigenvalue weighted by atomic mass is 32.2. The summed E-state index contributed by atoms with van der Waals surface area (Å²) >= 11 is 0. The van der Waals surface area contributed by atoms with Gasteiger partial charge in [-0.25, -0.2) is 18.0 Å². The quantitative estimate of drug-likeness (QED) is 0.738. The molecule has 0 aliphatic carbocycles. The number of esters is 1. The molecule has 25 heavy (non-hydrogen) atoms. The second-order valence-corrected chi connectivity index (χ2v) is 8.21. The molecule has 1 amide bonds. The molecule has 0 unspecified atom stereocenters. The van der Waals surface area contributed by atoms with Gasteiger partial charge in [0.1, 0.15) is 5.60 Å². The lowest BCUT2D eigenvalue weighted by Crippen LogP contribution is -2.33. The summed E-state index contributed by atoms with van der Waals surface area (Å²) in [5, 5.41) is 2.60. The number of alkyl carbamates (subject to hydrolysis) is 1. The van der Waals surface area contributed by atoms with E-state index in [9.17, 15) is 18.0 Å². The summed E-state index contributed by atoms with van der Waals surface area (Å²) in [6.07, 6.45) is 0.843. The first-order chi connectivity index (χ1) is 11.4. The number of methoxy groups -OCH3 is 1. The molecule has 0 saturated heterocycles. The van der Waals surface area contributed by atoms with Crippen molar-refractivity contribution in [2.75, 3.05) is 24.6 Å². The zero-order valence-electron chi connectivity index (χ0n) is 15.0. The molecular weight excluding hydrogens is 348 g/mol. The molecule has 0 heterocycles. The molecule has 0 aliphatic heterocycles. The van der Waals surface area contributed by atoms with Crippen molar-refractivity contribution in [3.8, 4) is 0 Å². The van der Waals surface area contributed by atoms with Crippen molar-refractivity contribution in [3.63, 3.8) is 0 Å². The smallest absolute Gasteiger partial charge is 0.407 e. The number of sulfonamides is 1. The van der Waals surface area contributed by atoms with E-state index in [1.807, 2.05) is 0 Å². The van der Waals surface area contributed by atoms with E-state index in [-0.39, 0.29) is 17.8 Å². The van der Waals surface area contributed by atoms with Crippen LogP contribution in [0, 0.1) is 0 Å². The second kappa shape index (κ2) is 8.19. The maximum absolute atomic E-state index is 11.7. The van der Waals surface area contributed by atoms with E-state index in [4.69, 9.17) is 4.74 Å². The molecule has 0 fully saturated rings. The lowest BCUT2D eigenvalue weighted by Gasteiger charge is -2.19. The van der Waals surface area contributed by atoms with Crippen LogP contribution in [0.5, 0.6) is 0 Å². The van der Waals surface area contributed by atoms with Gasteiger partial charge < -0.3 is 14.8 Å². The van der Waals surface area contributed by atoms with E-state index in [0.29, 0.717) is 12.0 Å². The van der Waals surface area contributed by atoms with Crippen LogP contribution < -0.4 is 10.0 Å². The molecule has 140 valence electrons. The summed E-state index contributed by atoms with van der Waals surface area (Å²) in [5.74, 6) is -0.585. The molecule has 0 bridgehead atoms. The van der Waals surface area contributed by atoms with Crippen LogP contribution in [0.2, 0.25) is 0 Å². The van der Waals surface area contributed by atoms with Gasteiger partial charge in [-0.1, -0.05) is 0 Å². The third kappa shape index (κ3) is 8.39. The Morgan fingerprint density at radius 1 is 1.16 bits per heavy atom. The number of amides is 1. The number of hydrogen-bond acceptors (Lipinski definition) is 6. The van der Waals surface area contributed by atoms with E-state index in [2.05, 4.69) is 14.8 Å². The fourth-order valence-corrected chi connectivity index (χ4v) is 2.51. The van der Waals surface area contributed by atoms with Gasteiger partial charge in [-0.3, -0.25) is 4.72 Å². The minimum atomic E-state index is -3.49. The van der Waals surface area contributed by atoms with Gasteiger partial charge in [0.15, 0.2) is 0 Å². The Kier molecular flexibility index (Phi) is 6.80. The molecule has 0 spiro atoms. The van der Waals surface area contributed by atoms with Crippen molar-refractivity contribution in [1.29, 1.82) is 0 Å². The van der Waals surface area contributed by atoms with Gasteiger partial charge in [-0.2, -0.15) is 0 Å². The third-order valence-corrected chi connectivity index (χ3v) is 3.41. The normalized spacial score (nSPS) is 11.6. The molecule has 9 heteroatoms. The van der Waals surface area contributed by atoms with Gasteiger partial charge in [0.25, 0.3) is 0 Å². The lowest BCUT2D eigenvalue weighted by atomic mass is 10.1. The molecule has 0 aromatic heterocycles. The number of hydrogen-bond donors (Lipinski definition) is 2. The van der Waals surface area contributed by atoms with Crippen LogP contribution in [-0.2, 0) is 25.9 Å². The van der Waals surface area contributed by atoms with E-state index in [0.717, 1.165) is 6.26 Å². The largest absolute Gasteiger partial charge is 0.465 e. The summed E-state index contributed by atoms with van der Waals surface area (Å²) in [6.45, 7) is 5.54. The minimum Gasteiger partial charge on any atom is -0.465 e. The van der Waals surface area contributed by atoms with Gasteiger partial charge >= 0.3 is 12.1 Å². The van der Waals surface area contributed by atoms with E-state index >= 15 is 0 Å². The second-order valence-electron chi connectivity index (χ2n) is 6.46. The Morgan fingerprint density at radius 3 is 2.32 bits per heavy atom. The Labute approximate surface area is 147 Å². The van der Waals surface area contributed by atoms with Crippen LogP contribution in [0.4, 0.5) is 10.5 Å². The minimum absolute atomic E-state index is 0.211. The molecule has 8 nitrogen and oxygen atoms in total. The van der Waals surface area contributed by atoms with Crippen molar-refractivity contribution < 1.29 is 27.5 Å². The van der Waals surface area contributed by atoms with Crippen molar-refractivity contribution in [3.05, 3.63) is 29.3 Å². The molecule has 1 aromatic rings. The van der Waals surface area contributed by atoms with Crippen molar-refractivity contribution >= 4 is 27.8 Å². The van der Waals surface area contributed by atoms with Crippen molar-refractivity contribution in [2.45, 2.75) is 32.8 Å². The molecule has 0 atom stereocenters. The first-order valence-electron chi connectivity index (χ1n) is 7.56. The van der Waals surface area contributed by atoms with Crippen LogP contribution in [0.25, 0.3) is 0 Å². The Balaban J connectivity index is 2.85. The maximum Gasteiger partial charge on any atom is 0.407 e. The average Bonchev–Trinajstić information content (AvgIpc) is 2.42. The molecule has 2 N–H and O–H groups in total. The Bertz CT molecular complexity index is 737. The average molecular weight is 372 g/mol. The third-order valence-electron chi connectivity index (χ3n) is 2.80. The lowest BCUT2D eigenvalue weighted by molar-refractivity contribution is 0.0526.